The van der Waals surface area contributed by atoms with Crippen LogP contribution in [0.4, 0.5) is 0 Å². The third-order valence-corrected chi connectivity index (χ3v) is 4.23. The number of nitrogens with one attached hydrogen (secondary N) is 1. The van der Waals surface area contributed by atoms with Crippen LogP contribution in [0.5, 0.6) is 5.75 Å². The number of rotatable bonds is 2. The van der Waals surface area contributed by atoms with E-state index in [2.05, 4.69) is 10.2 Å². The lowest BCUT2D eigenvalue weighted by molar-refractivity contribution is 0.0677. The molecule has 0 aromatic heterocycles. The van der Waals surface area contributed by atoms with E-state index in [1.54, 1.807) is 7.11 Å². The van der Waals surface area contributed by atoms with Crippen molar-refractivity contribution in [3.8, 4) is 5.75 Å². The molecular formula is C15H20N2O2. The normalized spacial score (nSPS) is 26.1. The molecule has 2 fully saturated rings. The van der Waals surface area contributed by atoms with Gasteiger partial charge in [-0.3, -0.25) is 4.79 Å². The summed E-state index contributed by atoms with van der Waals surface area (Å²) in [5.41, 5.74) is 0.684. The summed E-state index contributed by atoms with van der Waals surface area (Å²) in [7, 11) is 1.62. The Morgan fingerprint density at radius 3 is 2.89 bits per heavy atom. The van der Waals surface area contributed by atoms with Crippen LogP contribution in [0, 0.1) is 0 Å². The molecule has 1 aromatic rings. The molecule has 2 aliphatic rings. The molecule has 19 heavy (non-hydrogen) atoms. The van der Waals surface area contributed by atoms with Gasteiger partial charge in [0.2, 0.25) is 0 Å². The Bertz CT molecular complexity index is 461. The molecule has 0 radical (unpaired) electrons. The molecule has 3 rings (SSSR count). The van der Waals surface area contributed by atoms with Gasteiger partial charge in [0.15, 0.2) is 0 Å². The Morgan fingerprint density at radius 2 is 2.05 bits per heavy atom. The maximum absolute atomic E-state index is 12.8. The Balaban J connectivity index is 1.91. The third-order valence-electron chi connectivity index (χ3n) is 4.23. The zero-order valence-corrected chi connectivity index (χ0v) is 11.3. The molecule has 0 saturated carbocycles. The number of benzene rings is 1. The molecule has 1 aromatic carbocycles. The number of amides is 1. The molecule has 0 aliphatic carbocycles. The van der Waals surface area contributed by atoms with Gasteiger partial charge in [-0.1, -0.05) is 12.1 Å². The molecule has 2 aliphatic heterocycles. The average Bonchev–Trinajstić information content (AvgIpc) is 2.71. The number of fused-ring (bicyclic) bond motifs is 2. The van der Waals surface area contributed by atoms with E-state index in [0.717, 1.165) is 32.4 Å². The second-order valence-corrected chi connectivity index (χ2v) is 5.29. The van der Waals surface area contributed by atoms with Crippen molar-refractivity contribution in [1.29, 1.82) is 0 Å². The number of hydrogen-bond donors (Lipinski definition) is 1. The zero-order valence-electron chi connectivity index (χ0n) is 11.3. The van der Waals surface area contributed by atoms with E-state index in [1.165, 1.54) is 0 Å². The van der Waals surface area contributed by atoms with Gasteiger partial charge in [-0.05, 0) is 37.9 Å². The van der Waals surface area contributed by atoms with Gasteiger partial charge in [0.1, 0.15) is 5.75 Å². The summed E-state index contributed by atoms with van der Waals surface area (Å²) in [6.45, 7) is 1.92. The lowest BCUT2D eigenvalue weighted by Crippen LogP contribution is -2.42. The highest BCUT2D eigenvalue weighted by atomic mass is 16.5. The number of nitrogens with zero attached hydrogens (tertiary/aromatic N) is 1. The lowest BCUT2D eigenvalue weighted by Gasteiger charge is -2.28. The van der Waals surface area contributed by atoms with Gasteiger partial charge in [0.05, 0.1) is 12.7 Å². The molecule has 2 saturated heterocycles. The first-order chi connectivity index (χ1) is 9.31. The van der Waals surface area contributed by atoms with Crippen molar-refractivity contribution in [2.45, 2.75) is 31.3 Å². The Morgan fingerprint density at radius 1 is 1.26 bits per heavy atom. The maximum Gasteiger partial charge on any atom is 0.258 e. The number of ether oxygens (including phenoxy) is 1. The van der Waals surface area contributed by atoms with Gasteiger partial charge < -0.3 is 15.0 Å². The lowest BCUT2D eigenvalue weighted by atomic mass is 10.1. The smallest absolute Gasteiger partial charge is 0.258 e. The first-order valence-corrected chi connectivity index (χ1v) is 6.97. The highest BCUT2D eigenvalue weighted by Crippen LogP contribution is 2.31. The minimum atomic E-state index is 0.119. The van der Waals surface area contributed by atoms with Crippen LogP contribution in [0.2, 0.25) is 0 Å². The molecule has 1 amide bonds. The molecule has 0 spiro atoms. The highest BCUT2D eigenvalue weighted by Gasteiger charge is 2.38. The predicted molar refractivity (Wildman–Crippen MR) is 73.5 cm³/mol. The van der Waals surface area contributed by atoms with Crippen molar-refractivity contribution in [1.82, 2.24) is 10.2 Å². The highest BCUT2D eigenvalue weighted by molar-refractivity contribution is 5.97. The fourth-order valence-corrected chi connectivity index (χ4v) is 3.27. The summed E-state index contributed by atoms with van der Waals surface area (Å²) in [5.74, 6) is 0.790. The molecule has 2 bridgehead atoms. The summed E-state index contributed by atoms with van der Waals surface area (Å²) >= 11 is 0. The molecular weight excluding hydrogens is 240 g/mol. The van der Waals surface area contributed by atoms with E-state index in [1.807, 2.05) is 24.3 Å². The van der Waals surface area contributed by atoms with E-state index in [-0.39, 0.29) is 5.91 Å². The zero-order chi connectivity index (χ0) is 13.2. The van der Waals surface area contributed by atoms with E-state index in [0.29, 0.717) is 23.4 Å². The van der Waals surface area contributed by atoms with E-state index in [9.17, 15) is 4.79 Å². The molecule has 4 nitrogen and oxygen atoms in total. The molecule has 4 heteroatoms. The minimum absolute atomic E-state index is 0.119. The topological polar surface area (TPSA) is 41.6 Å². The fourth-order valence-electron chi connectivity index (χ4n) is 3.27. The Kier molecular flexibility index (Phi) is 3.42. The van der Waals surface area contributed by atoms with E-state index >= 15 is 0 Å². The van der Waals surface area contributed by atoms with Gasteiger partial charge in [-0.15, -0.1) is 0 Å². The van der Waals surface area contributed by atoms with Crippen molar-refractivity contribution in [2.75, 3.05) is 20.2 Å². The van der Waals surface area contributed by atoms with Crippen LogP contribution in [0.15, 0.2) is 24.3 Å². The maximum atomic E-state index is 12.8. The van der Waals surface area contributed by atoms with Crippen LogP contribution in [0.3, 0.4) is 0 Å². The minimum Gasteiger partial charge on any atom is -0.496 e. The number of carbonyl (C=O) groups excluding carboxylic acids is 1. The first kappa shape index (κ1) is 12.5. The van der Waals surface area contributed by atoms with Crippen molar-refractivity contribution >= 4 is 5.91 Å². The summed E-state index contributed by atoms with van der Waals surface area (Å²) in [5, 5.41) is 3.42. The van der Waals surface area contributed by atoms with Crippen LogP contribution in [0.1, 0.15) is 29.6 Å². The number of hydrogen-bond acceptors (Lipinski definition) is 3. The van der Waals surface area contributed by atoms with Crippen molar-refractivity contribution in [3.63, 3.8) is 0 Å². The third kappa shape index (κ3) is 2.21. The SMILES string of the molecule is COc1ccccc1C(=O)N1C2CCNCC1CC2. The molecule has 1 N–H and O–H groups in total. The monoisotopic (exact) mass is 260 g/mol. The van der Waals surface area contributed by atoms with Gasteiger partial charge >= 0.3 is 0 Å². The Labute approximate surface area is 113 Å². The summed E-state index contributed by atoms with van der Waals surface area (Å²) in [4.78, 5) is 14.9. The fraction of sp³-hybridized carbons (Fsp3) is 0.533. The van der Waals surface area contributed by atoms with Gasteiger partial charge in [0.25, 0.3) is 5.91 Å². The summed E-state index contributed by atoms with van der Waals surface area (Å²) in [6.07, 6.45) is 3.29. The Hall–Kier alpha value is -1.55. The molecule has 2 heterocycles. The summed E-state index contributed by atoms with van der Waals surface area (Å²) < 4.78 is 5.32. The van der Waals surface area contributed by atoms with Crippen molar-refractivity contribution in [3.05, 3.63) is 29.8 Å². The number of methoxy groups -OCH3 is 1. The quantitative estimate of drug-likeness (QED) is 0.879. The molecule has 102 valence electrons. The van der Waals surface area contributed by atoms with E-state index < -0.39 is 0 Å². The largest absolute Gasteiger partial charge is 0.496 e. The van der Waals surface area contributed by atoms with Crippen LogP contribution in [-0.4, -0.2) is 43.1 Å². The number of carbonyl (C=O) groups is 1. The second kappa shape index (κ2) is 5.21. The van der Waals surface area contributed by atoms with Gasteiger partial charge in [-0.2, -0.15) is 0 Å². The summed E-state index contributed by atoms with van der Waals surface area (Å²) in [6, 6.07) is 8.23. The van der Waals surface area contributed by atoms with Gasteiger partial charge in [-0.25, -0.2) is 0 Å². The molecule has 2 unspecified atom stereocenters. The van der Waals surface area contributed by atoms with Crippen LogP contribution in [-0.2, 0) is 0 Å². The average molecular weight is 260 g/mol. The standard InChI is InChI=1S/C15H20N2O2/c1-19-14-5-3-2-4-13(14)15(18)17-11-6-7-12(17)10-16-9-8-11/h2-5,11-12,16H,6-10H2,1H3. The van der Waals surface area contributed by atoms with E-state index in [4.69, 9.17) is 4.74 Å². The van der Waals surface area contributed by atoms with Crippen LogP contribution < -0.4 is 10.1 Å². The first-order valence-electron chi connectivity index (χ1n) is 6.97. The number of para-hydroxylation sites is 1. The molecule has 2 atom stereocenters. The van der Waals surface area contributed by atoms with Gasteiger partial charge in [0, 0.05) is 18.6 Å². The van der Waals surface area contributed by atoms with Crippen molar-refractivity contribution < 1.29 is 9.53 Å². The van der Waals surface area contributed by atoms with Crippen LogP contribution in [0.25, 0.3) is 0 Å². The van der Waals surface area contributed by atoms with Crippen LogP contribution >= 0.6 is 0 Å². The van der Waals surface area contributed by atoms with Crippen molar-refractivity contribution in [2.24, 2.45) is 0 Å². The second-order valence-electron chi connectivity index (χ2n) is 5.29. The predicted octanol–water partition coefficient (Wildman–Crippen LogP) is 1.66.